The van der Waals surface area contributed by atoms with Crippen molar-refractivity contribution >= 4 is 23.3 Å². The van der Waals surface area contributed by atoms with Gasteiger partial charge in [0, 0.05) is 30.9 Å². The van der Waals surface area contributed by atoms with Gasteiger partial charge in [-0.1, -0.05) is 18.2 Å². The number of hydrogen-bond acceptors (Lipinski definition) is 3. The third-order valence-corrected chi connectivity index (χ3v) is 4.69. The summed E-state index contributed by atoms with van der Waals surface area (Å²) in [4.78, 5) is 26.2. The molecular formula is C21H25N3O3. The predicted octanol–water partition coefficient (Wildman–Crippen LogP) is 3.84. The number of amides is 3. The molecule has 2 aromatic carbocycles. The van der Waals surface area contributed by atoms with Crippen LogP contribution in [0.4, 0.5) is 16.2 Å². The lowest BCUT2D eigenvalue weighted by molar-refractivity contribution is -0.119. The Morgan fingerprint density at radius 2 is 1.93 bits per heavy atom. The van der Waals surface area contributed by atoms with Crippen molar-refractivity contribution in [1.29, 1.82) is 0 Å². The standard InChI is InChI=1S/C21H25N3O3/c1-15-6-9-17(13-19(15)24-12-4-3-5-20(24)25)23-21(26)22-14-16-7-10-18(27-2)11-8-16/h6-11,13H,3-5,12,14H2,1-2H3,(H2,22,23,26). The molecule has 6 nitrogen and oxygen atoms in total. The lowest BCUT2D eigenvalue weighted by Crippen LogP contribution is -2.35. The summed E-state index contributed by atoms with van der Waals surface area (Å²) in [5, 5.41) is 5.68. The van der Waals surface area contributed by atoms with Gasteiger partial charge in [0.15, 0.2) is 0 Å². The molecule has 0 unspecified atom stereocenters. The van der Waals surface area contributed by atoms with Gasteiger partial charge in [-0.25, -0.2) is 4.79 Å². The Kier molecular flexibility index (Phi) is 5.96. The molecule has 1 fully saturated rings. The zero-order valence-electron chi connectivity index (χ0n) is 15.7. The minimum absolute atomic E-state index is 0.144. The normalized spacial score (nSPS) is 14.0. The molecular weight excluding hydrogens is 342 g/mol. The zero-order chi connectivity index (χ0) is 19.2. The molecule has 142 valence electrons. The van der Waals surface area contributed by atoms with Crippen molar-refractivity contribution in [3.05, 3.63) is 53.6 Å². The Labute approximate surface area is 159 Å². The van der Waals surface area contributed by atoms with E-state index in [9.17, 15) is 9.59 Å². The van der Waals surface area contributed by atoms with Crippen molar-refractivity contribution in [3.63, 3.8) is 0 Å². The molecule has 0 aromatic heterocycles. The van der Waals surface area contributed by atoms with E-state index in [1.165, 1.54) is 0 Å². The fourth-order valence-electron chi connectivity index (χ4n) is 3.14. The molecule has 0 saturated carbocycles. The van der Waals surface area contributed by atoms with E-state index in [1.807, 2.05) is 54.3 Å². The summed E-state index contributed by atoms with van der Waals surface area (Å²) in [7, 11) is 1.62. The number of benzene rings is 2. The van der Waals surface area contributed by atoms with Gasteiger partial charge in [-0.3, -0.25) is 4.79 Å². The van der Waals surface area contributed by atoms with Crippen molar-refractivity contribution in [1.82, 2.24) is 5.32 Å². The largest absolute Gasteiger partial charge is 0.497 e. The second kappa shape index (κ2) is 8.58. The molecule has 0 bridgehead atoms. The van der Waals surface area contributed by atoms with Gasteiger partial charge in [-0.2, -0.15) is 0 Å². The van der Waals surface area contributed by atoms with E-state index in [2.05, 4.69) is 10.6 Å². The maximum Gasteiger partial charge on any atom is 0.319 e. The zero-order valence-corrected chi connectivity index (χ0v) is 15.7. The summed E-state index contributed by atoms with van der Waals surface area (Å²) in [6.07, 6.45) is 2.53. The second-order valence-electron chi connectivity index (χ2n) is 6.66. The van der Waals surface area contributed by atoms with Crippen LogP contribution in [0.2, 0.25) is 0 Å². The molecule has 1 aliphatic rings. The number of piperidine rings is 1. The van der Waals surface area contributed by atoms with Crippen LogP contribution in [0.1, 0.15) is 30.4 Å². The molecule has 2 N–H and O–H groups in total. The number of nitrogens with zero attached hydrogens (tertiary/aromatic N) is 1. The number of nitrogens with one attached hydrogen (secondary N) is 2. The predicted molar refractivity (Wildman–Crippen MR) is 106 cm³/mol. The van der Waals surface area contributed by atoms with E-state index < -0.39 is 0 Å². The molecule has 1 heterocycles. The number of hydrogen-bond donors (Lipinski definition) is 2. The SMILES string of the molecule is COc1ccc(CNC(=O)Nc2ccc(C)c(N3CCCCC3=O)c2)cc1. The van der Waals surface area contributed by atoms with Crippen LogP contribution >= 0.6 is 0 Å². The Balaban J connectivity index is 1.61. The van der Waals surface area contributed by atoms with E-state index >= 15 is 0 Å². The molecule has 6 heteroatoms. The molecule has 0 spiro atoms. The van der Waals surface area contributed by atoms with Crippen LogP contribution in [-0.2, 0) is 11.3 Å². The van der Waals surface area contributed by atoms with E-state index in [4.69, 9.17) is 4.74 Å². The monoisotopic (exact) mass is 367 g/mol. The van der Waals surface area contributed by atoms with E-state index in [0.717, 1.165) is 42.0 Å². The summed E-state index contributed by atoms with van der Waals surface area (Å²) >= 11 is 0. The maximum absolute atomic E-state index is 12.2. The van der Waals surface area contributed by atoms with Crippen LogP contribution in [0.5, 0.6) is 5.75 Å². The van der Waals surface area contributed by atoms with Gasteiger partial charge < -0.3 is 20.3 Å². The molecule has 27 heavy (non-hydrogen) atoms. The number of rotatable bonds is 5. The molecule has 2 aromatic rings. The summed E-state index contributed by atoms with van der Waals surface area (Å²) < 4.78 is 5.12. The number of carbonyl (C=O) groups is 2. The second-order valence-corrected chi connectivity index (χ2v) is 6.66. The number of methoxy groups -OCH3 is 1. The number of carbonyl (C=O) groups excluding carboxylic acids is 2. The van der Waals surface area contributed by atoms with Crippen molar-refractivity contribution in [2.75, 3.05) is 23.9 Å². The molecule has 0 radical (unpaired) electrons. The highest BCUT2D eigenvalue weighted by Gasteiger charge is 2.21. The fourth-order valence-corrected chi connectivity index (χ4v) is 3.14. The molecule has 0 atom stereocenters. The first kappa shape index (κ1) is 18.8. The molecule has 3 amide bonds. The number of urea groups is 1. The minimum atomic E-state index is -0.286. The molecule has 1 aliphatic heterocycles. The lowest BCUT2D eigenvalue weighted by Gasteiger charge is -2.28. The van der Waals surface area contributed by atoms with Crippen LogP contribution in [-0.4, -0.2) is 25.6 Å². The van der Waals surface area contributed by atoms with Crippen LogP contribution in [0.15, 0.2) is 42.5 Å². The Bertz CT molecular complexity index is 818. The van der Waals surface area contributed by atoms with Gasteiger partial charge in [0.2, 0.25) is 5.91 Å². The fraction of sp³-hybridized carbons (Fsp3) is 0.333. The van der Waals surface area contributed by atoms with Crippen molar-refractivity contribution in [3.8, 4) is 5.75 Å². The smallest absolute Gasteiger partial charge is 0.319 e. The van der Waals surface area contributed by atoms with Gasteiger partial charge in [0.1, 0.15) is 5.75 Å². The van der Waals surface area contributed by atoms with E-state index in [0.29, 0.717) is 18.7 Å². The molecule has 1 saturated heterocycles. The lowest BCUT2D eigenvalue weighted by atomic mass is 10.1. The number of aryl methyl sites for hydroxylation is 1. The van der Waals surface area contributed by atoms with Gasteiger partial charge >= 0.3 is 6.03 Å². The Morgan fingerprint density at radius 1 is 1.15 bits per heavy atom. The average molecular weight is 367 g/mol. The number of ether oxygens (including phenoxy) is 1. The summed E-state index contributed by atoms with van der Waals surface area (Å²) in [5.41, 5.74) is 3.54. The van der Waals surface area contributed by atoms with Crippen molar-refractivity contribution in [2.45, 2.75) is 32.7 Å². The van der Waals surface area contributed by atoms with Gasteiger partial charge in [-0.05, 0) is 55.2 Å². The average Bonchev–Trinajstić information content (AvgIpc) is 2.69. The number of anilines is 2. The Morgan fingerprint density at radius 3 is 2.63 bits per heavy atom. The summed E-state index contributed by atoms with van der Waals surface area (Å²) in [5.74, 6) is 0.924. The highest BCUT2D eigenvalue weighted by Crippen LogP contribution is 2.27. The van der Waals surface area contributed by atoms with Gasteiger partial charge in [-0.15, -0.1) is 0 Å². The first-order chi connectivity index (χ1) is 13.1. The van der Waals surface area contributed by atoms with Crippen molar-refractivity contribution < 1.29 is 14.3 Å². The quantitative estimate of drug-likeness (QED) is 0.843. The van der Waals surface area contributed by atoms with E-state index in [1.54, 1.807) is 7.11 Å². The molecule has 0 aliphatic carbocycles. The van der Waals surface area contributed by atoms with Crippen LogP contribution in [0, 0.1) is 6.92 Å². The van der Waals surface area contributed by atoms with Crippen LogP contribution in [0.3, 0.4) is 0 Å². The van der Waals surface area contributed by atoms with Crippen LogP contribution in [0.25, 0.3) is 0 Å². The third kappa shape index (κ3) is 4.78. The van der Waals surface area contributed by atoms with Crippen LogP contribution < -0.4 is 20.3 Å². The Hall–Kier alpha value is -3.02. The third-order valence-electron chi connectivity index (χ3n) is 4.69. The summed E-state index contributed by atoms with van der Waals surface area (Å²) in [6, 6.07) is 12.9. The van der Waals surface area contributed by atoms with Gasteiger partial charge in [0.25, 0.3) is 0 Å². The minimum Gasteiger partial charge on any atom is -0.497 e. The topological polar surface area (TPSA) is 70.7 Å². The first-order valence-corrected chi connectivity index (χ1v) is 9.15. The highest BCUT2D eigenvalue weighted by atomic mass is 16.5. The van der Waals surface area contributed by atoms with Crippen molar-refractivity contribution in [2.24, 2.45) is 0 Å². The summed E-state index contributed by atoms with van der Waals surface area (Å²) in [6.45, 7) is 3.12. The first-order valence-electron chi connectivity index (χ1n) is 9.15. The van der Waals surface area contributed by atoms with E-state index in [-0.39, 0.29) is 11.9 Å². The van der Waals surface area contributed by atoms with Gasteiger partial charge in [0.05, 0.1) is 7.11 Å². The maximum atomic E-state index is 12.2. The highest BCUT2D eigenvalue weighted by molar-refractivity contribution is 5.96. The molecule has 3 rings (SSSR count).